The zero-order valence-corrected chi connectivity index (χ0v) is 14.6. The summed E-state index contributed by atoms with van der Waals surface area (Å²) in [5.41, 5.74) is 6.26. The molecular weight excluding hydrogens is 354 g/mol. The van der Waals surface area contributed by atoms with Gasteiger partial charge in [-0.15, -0.1) is 0 Å². The third-order valence-electron chi connectivity index (χ3n) is 3.59. The molecule has 0 aromatic heterocycles. The monoisotopic (exact) mass is 371 g/mol. The Bertz CT molecular complexity index is 892. The highest BCUT2D eigenvalue weighted by molar-refractivity contribution is 5.96. The van der Waals surface area contributed by atoms with Gasteiger partial charge in [0.15, 0.2) is 6.61 Å². The summed E-state index contributed by atoms with van der Waals surface area (Å²) in [6.07, 6.45) is 0. The molecule has 2 rings (SSSR count). The maximum absolute atomic E-state index is 12.0. The fraction of sp³-hybridized carbons (Fsp3) is 0.167. The average Bonchev–Trinajstić information content (AvgIpc) is 2.64. The molecule has 0 aliphatic rings. The van der Waals surface area contributed by atoms with E-state index in [4.69, 9.17) is 4.74 Å². The molecule has 0 spiro atoms. The molecule has 2 aromatic rings. The summed E-state index contributed by atoms with van der Waals surface area (Å²) in [6.45, 7) is 3.07. The molecule has 0 unspecified atom stereocenters. The number of carbonyl (C=O) groups excluding carboxylic acids is 3. The molecule has 0 fully saturated rings. The highest BCUT2D eigenvalue weighted by atomic mass is 16.6. The first-order chi connectivity index (χ1) is 12.8. The average molecular weight is 371 g/mol. The van der Waals surface area contributed by atoms with Gasteiger partial charge in [-0.1, -0.05) is 17.7 Å². The van der Waals surface area contributed by atoms with Gasteiger partial charge < -0.3 is 4.74 Å². The topological polar surface area (TPSA) is 128 Å². The van der Waals surface area contributed by atoms with E-state index in [-0.39, 0.29) is 11.3 Å². The number of aryl methyl sites for hydroxylation is 2. The molecule has 2 aromatic carbocycles. The molecule has 0 radical (unpaired) electrons. The van der Waals surface area contributed by atoms with Gasteiger partial charge in [0, 0.05) is 17.7 Å². The lowest BCUT2D eigenvalue weighted by molar-refractivity contribution is -0.384. The molecule has 9 heteroatoms. The number of esters is 1. The van der Waals surface area contributed by atoms with Gasteiger partial charge in [-0.25, -0.2) is 4.79 Å². The number of hydrazine groups is 1. The van der Waals surface area contributed by atoms with Gasteiger partial charge in [-0.3, -0.25) is 30.6 Å². The van der Waals surface area contributed by atoms with Crippen LogP contribution in [0.3, 0.4) is 0 Å². The van der Waals surface area contributed by atoms with E-state index in [9.17, 15) is 24.5 Å². The number of nitrogens with zero attached hydrogens (tertiary/aromatic N) is 1. The Morgan fingerprint density at radius 3 is 2.30 bits per heavy atom. The summed E-state index contributed by atoms with van der Waals surface area (Å²) in [4.78, 5) is 45.5. The summed E-state index contributed by atoms with van der Waals surface area (Å²) in [6, 6.07) is 10.0. The van der Waals surface area contributed by atoms with Crippen LogP contribution in [0.1, 0.15) is 31.8 Å². The second-order valence-electron chi connectivity index (χ2n) is 5.70. The molecule has 27 heavy (non-hydrogen) atoms. The molecule has 2 amide bonds. The van der Waals surface area contributed by atoms with E-state index in [1.165, 1.54) is 24.3 Å². The molecule has 0 aliphatic carbocycles. The Labute approximate surface area is 154 Å². The van der Waals surface area contributed by atoms with E-state index in [2.05, 4.69) is 10.9 Å². The maximum Gasteiger partial charge on any atom is 0.338 e. The van der Waals surface area contributed by atoms with Gasteiger partial charge in [0.25, 0.3) is 17.5 Å². The van der Waals surface area contributed by atoms with Crippen LogP contribution >= 0.6 is 0 Å². The standard InChI is InChI=1S/C18H17N3O6/c1-11-3-8-15(12(2)9-11)18(24)27-10-16(22)19-20-17(23)13-4-6-14(7-5-13)21(25)26/h3-9H,10H2,1-2H3,(H,19,22)(H,20,23). The van der Waals surface area contributed by atoms with Crippen LogP contribution in [0.2, 0.25) is 0 Å². The van der Waals surface area contributed by atoms with Crippen molar-refractivity contribution in [2.45, 2.75) is 13.8 Å². The van der Waals surface area contributed by atoms with Crippen molar-refractivity contribution in [2.24, 2.45) is 0 Å². The number of benzene rings is 2. The fourth-order valence-corrected chi connectivity index (χ4v) is 2.22. The zero-order valence-electron chi connectivity index (χ0n) is 14.6. The van der Waals surface area contributed by atoms with Crippen molar-refractivity contribution in [1.29, 1.82) is 0 Å². The van der Waals surface area contributed by atoms with Crippen molar-refractivity contribution in [3.05, 3.63) is 74.8 Å². The first kappa shape index (κ1) is 19.6. The van der Waals surface area contributed by atoms with Crippen molar-refractivity contribution in [3.8, 4) is 0 Å². The molecular formula is C18H17N3O6. The summed E-state index contributed by atoms with van der Waals surface area (Å²) >= 11 is 0. The van der Waals surface area contributed by atoms with Crippen molar-refractivity contribution >= 4 is 23.5 Å². The molecule has 9 nitrogen and oxygen atoms in total. The van der Waals surface area contributed by atoms with Crippen LogP contribution in [0.4, 0.5) is 5.69 Å². The number of non-ortho nitro benzene ring substituents is 1. The SMILES string of the molecule is Cc1ccc(C(=O)OCC(=O)NNC(=O)c2ccc([N+](=O)[O-])cc2)c(C)c1. The van der Waals surface area contributed by atoms with Crippen molar-refractivity contribution in [1.82, 2.24) is 10.9 Å². The number of carbonyl (C=O) groups is 3. The van der Waals surface area contributed by atoms with Crippen LogP contribution in [0.5, 0.6) is 0 Å². The van der Waals surface area contributed by atoms with Crippen LogP contribution in [-0.4, -0.2) is 29.3 Å². The van der Waals surface area contributed by atoms with Crippen molar-refractivity contribution in [3.63, 3.8) is 0 Å². The van der Waals surface area contributed by atoms with Crippen molar-refractivity contribution < 1.29 is 24.0 Å². The molecule has 0 bridgehead atoms. The van der Waals surface area contributed by atoms with E-state index in [1.54, 1.807) is 19.1 Å². The normalized spacial score (nSPS) is 10.0. The minimum Gasteiger partial charge on any atom is -0.452 e. The summed E-state index contributed by atoms with van der Waals surface area (Å²) in [7, 11) is 0. The van der Waals surface area contributed by atoms with Crippen LogP contribution < -0.4 is 10.9 Å². The molecule has 0 atom stereocenters. The number of nitrogens with one attached hydrogen (secondary N) is 2. The maximum atomic E-state index is 12.0. The van der Waals surface area contributed by atoms with E-state index < -0.39 is 29.3 Å². The van der Waals surface area contributed by atoms with Gasteiger partial charge in [-0.05, 0) is 37.6 Å². The molecule has 0 saturated heterocycles. The highest BCUT2D eigenvalue weighted by Crippen LogP contribution is 2.12. The van der Waals surface area contributed by atoms with E-state index in [0.29, 0.717) is 5.56 Å². The Balaban J connectivity index is 1.82. The second kappa shape index (κ2) is 8.56. The molecule has 0 saturated carbocycles. The largest absolute Gasteiger partial charge is 0.452 e. The summed E-state index contributed by atoms with van der Waals surface area (Å²) in [5, 5.41) is 10.6. The summed E-state index contributed by atoms with van der Waals surface area (Å²) < 4.78 is 4.91. The number of ether oxygens (including phenoxy) is 1. The quantitative estimate of drug-likeness (QED) is 0.469. The van der Waals surface area contributed by atoms with E-state index in [0.717, 1.165) is 11.1 Å². The van der Waals surface area contributed by atoms with Crippen LogP contribution in [0.15, 0.2) is 42.5 Å². The van der Waals surface area contributed by atoms with Gasteiger partial charge in [-0.2, -0.15) is 0 Å². The van der Waals surface area contributed by atoms with Gasteiger partial charge >= 0.3 is 5.97 Å². The predicted octanol–water partition coefficient (Wildman–Crippen LogP) is 1.83. The minimum absolute atomic E-state index is 0.119. The number of nitro benzene ring substituents is 1. The minimum atomic E-state index is -0.733. The van der Waals surface area contributed by atoms with Crippen LogP contribution in [0.25, 0.3) is 0 Å². The number of rotatable bonds is 5. The Kier molecular flexibility index (Phi) is 6.21. The first-order valence-electron chi connectivity index (χ1n) is 7.86. The fourth-order valence-electron chi connectivity index (χ4n) is 2.22. The predicted molar refractivity (Wildman–Crippen MR) is 94.9 cm³/mol. The number of hydrogen-bond donors (Lipinski definition) is 2. The Morgan fingerprint density at radius 1 is 1.04 bits per heavy atom. The van der Waals surface area contributed by atoms with Crippen LogP contribution in [-0.2, 0) is 9.53 Å². The van der Waals surface area contributed by atoms with E-state index >= 15 is 0 Å². The summed E-state index contributed by atoms with van der Waals surface area (Å²) in [5.74, 6) is -2.05. The third-order valence-corrected chi connectivity index (χ3v) is 3.59. The van der Waals surface area contributed by atoms with Gasteiger partial charge in [0.1, 0.15) is 0 Å². The lowest BCUT2D eigenvalue weighted by atomic mass is 10.1. The second-order valence-corrected chi connectivity index (χ2v) is 5.70. The zero-order chi connectivity index (χ0) is 20.0. The first-order valence-corrected chi connectivity index (χ1v) is 7.86. The number of hydrogen-bond acceptors (Lipinski definition) is 6. The molecule has 0 aliphatic heterocycles. The number of nitro groups is 1. The Hall–Kier alpha value is -3.75. The van der Waals surface area contributed by atoms with Gasteiger partial charge in [0.05, 0.1) is 10.5 Å². The number of amides is 2. The van der Waals surface area contributed by atoms with Crippen molar-refractivity contribution in [2.75, 3.05) is 6.61 Å². The molecule has 0 heterocycles. The molecule has 2 N–H and O–H groups in total. The van der Waals surface area contributed by atoms with Crippen LogP contribution in [0, 0.1) is 24.0 Å². The van der Waals surface area contributed by atoms with Gasteiger partial charge in [0.2, 0.25) is 0 Å². The lowest BCUT2D eigenvalue weighted by Crippen LogP contribution is -2.43. The Morgan fingerprint density at radius 2 is 1.70 bits per heavy atom. The molecule has 140 valence electrons. The van der Waals surface area contributed by atoms with E-state index in [1.807, 2.05) is 13.0 Å². The smallest absolute Gasteiger partial charge is 0.338 e. The third kappa shape index (κ3) is 5.36. The highest BCUT2D eigenvalue weighted by Gasteiger charge is 2.14. The lowest BCUT2D eigenvalue weighted by Gasteiger charge is -2.09.